The summed E-state index contributed by atoms with van der Waals surface area (Å²) in [7, 11) is 0. The van der Waals surface area contributed by atoms with Crippen LogP contribution in [0.2, 0.25) is 0 Å². The molecule has 3 nitrogen and oxygen atoms in total. The number of anilines is 2. The molecule has 0 saturated carbocycles. The summed E-state index contributed by atoms with van der Waals surface area (Å²) in [5.74, 6) is 0.846. The monoisotopic (exact) mass is 263 g/mol. The van der Waals surface area contributed by atoms with E-state index in [4.69, 9.17) is 0 Å². The lowest BCUT2D eigenvalue weighted by atomic mass is 10.1. The normalized spacial score (nSPS) is 10.5. The zero-order valence-electron chi connectivity index (χ0n) is 11.7. The van der Waals surface area contributed by atoms with E-state index in [2.05, 4.69) is 42.5 Å². The molecule has 3 aromatic rings. The highest BCUT2D eigenvalue weighted by Crippen LogP contribution is 2.19. The highest BCUT2D eigenvalue weighted by Gasteiger charge is 2.02. The van der Waals surface area contributed by atoms with Crippen LogP contribution in [0.3, 0.4) is 0 Å². The zero-order valence-corrected chi connectivity index (χ0v) is 11.7. The number of aromatic nitrogens is 2. The van der Waals surface area contributed by atoms with Crippen LogP contribution >= 0.6 is 0 Å². The molecule has 20 heavy (non-hydrogen) atoms. The maximum atomic E-state index is 4.54. The van der Waals surface area contributed by atoms with E-state index in [-0.39, 0.29) is 0 Å². The van der Waals surface area contributed by atoms with Crippen LogP contribution in [0.25, 0.3) is 5.69 Å². The van der Waals surface area contributed by atoms with Gasteiger partial charge in [0.25, 0.3) is 0 Å². The smallest absolute Gasteiger partial charge is 0.152 e. The molecule has 0 aliphatic rings. The Morgan fingerprint density at radius 3 is 2.30 bits per heavy atom. The van der Waals surface area contributed by atoms with Crippen molar-refractivity contribution in [2.45, 2.75) is 13.8 Å². The minimum absolute atomic E-state index is 0.846. The van der Waals surface area contributed by atoms with Crippen LogP contribution < -0.4 is 5.32 Å². The van der Waals surface area contributed by atoms with Gasteiger partial charge in [0.05, 0.1) is 5.69 Å². The molecule has 2 aromatic carbocycles. The van der Waals surface area contributed by atoms with E-state index >= 15 is 0 Å². The number of nitrogens with one attached hydrogen (secondary N) is 1. The maximum absolute atomic E-state index is 4.54. The summed E-state index contributed by atoms with van der Waals surface area (Å²) in [4.78, 5) is 0. The molecule has 1 heterocycles. The van der Waals surface area contributed by atoms with Gasteiger partial charge in [0, 0.05) is 18.0 Å². The standard InChI is InChI=1S/C17H17N3/c1-13-10-14(2)12-15(11-13)18-17-8-9-20(19-17)16-6-4-3-5-7-16/h3-12H,1-2H3,(H,18,19). The fourth-order valence-electron chi connectivity index (χ4n) is 2.31. The molecule has 0 aliphatic carbocycles. The summed E-state index contributed by atoms with van der Waals surface area (Å²) in [6.07, 6.45) is 1.96. The summed E-state index contributed by atoms with van der Waals surface area (Å²) < 4.78 is 1.87. The van der Waals surface area contributed by atoms with Crippen molar-refractivity contribution >= 4 is 11.5 Å². The summed E-state index contributed by atoms with van der Waals surface area (Å²) in [5, 5.41) is 7.88. The molecule has 0 atom stereocenters. The van der Waals surface area contributed by atoms with Crippen LogP contribution in [-0.4, -0.2) is 9.78 Å². The molecule has 0 fully saturated rings. The predicted octanol–water partition coefficient (Wildman–Crippen LogP) is 4.23. The second-order valence-corrected chi connectivity index (χ2v) is 4.98. The number of rotatable bonds is 3. The summed E-state index contributed by atoms with van der Waals surface area (Å²) >= 11 is 0. The minimum Gasteiger partial charge on any atom is -0.339 e. The van der Waals surface area contributed by atoms with Gasteiger partial charge in [-0.1, -0.05) is 24.3 Å². The van der Waals surface area contributed by atoms with Gasteiger partial charge in [-0.15, -0.1) is 0 Å². The number of nitrogens with zero attached hydrogens (tertiary/aromatic N) is 2. The van der Waals surface area contributed by atoms with Crippen LogP contribution in [0.4, 0.5) is 11.5 Å². The maximum Gasteiger partial charge on any atom is 0.152 e. The molecule has 3 rings (SSSR count). The van der Waals surface area contributed by atoms with Crippen LogP contribution in [0.1, 0.15) is 11.1 Å². The first-order valence-electron chi connectivity index (χ1n) is 6.67. The summed E-state index contributed by atoms with van der Waals surface area (Å²) in [6, 6.07) is 18.5. The molecule has 1 N–H and O–H groups in total. The first-order valence-corrected chi connectivity index (χ1v) is 6.67. The van der Waals surface area contributed by atoms with Crippen LogP contribution in [0.5, 0.6) is 0 Å². The number of aryl methyl sites for hydroxylation is 2. The van der Waals surface area contributed by atoms with Crippen LogP contribution in [0, 0.1) is 13.8 Å². The highest BCUT2D eigenvalue weighted by molar-refractivity contribution is 5.58. The van der Waals surface area contributed by atoms with Crippen molar-refractivity contribution in [3.05, 3.63) is 71.9 Å². The first kappa shape index (κ1) is 12.5. The number of benzene rings is 2. The third-order valence-electron chi connectivity index (χ3n) is 3.10. The zero-order chi connectivity index (χ0) is 13.9. The molecular weight excluding hydrogens is 246 g/mol. The molecule has 1 aromatic heterocycles. The van der Waals surface area contributed by atoms with Gasteiger partial charge in [0.1, 0.15) is 0 Å². The van der Waals surface area contributed by atoms with Crippen molar-refractivity contribution in [3.63, 3.8) is 0 Å². The highest BCUT2D eigenvalue weighted by atomic mass is 15.3. The lowest BCUT2D eigenvalue weighted by Gasteiger charge is -2.06. The molecular formula is C17H17N3. The van der Waals surface area contributed by atoms with Gasteiger partial charge in [-0.2, -0.15) is 5.10 Å². The van der Waals surface area contributed by atoms with E-state index < -0.39 is 0 Å². The fourth-order valence-corrected chi connectivity index (χ4v) is 2.31. The third-order valence-corrected chi connectivity index (χ3v) is 3.10. The Kier molecular flexibility index (Phi) is 3.25. The van der Waals surface area contributed by atoms with Gasteiger partial charge in [0.15, 0.2) is 5.82 Å². The average Bonchev–Trinajstić information content (AvgIpc) is 2.87. The van der Waals surface area contributed by atoms with E-state index in [1.54, 1.807) is 0 Å². The number of hydrogen-bond acceptors (Lipinski definition) is 2. The second-order valence-electron chi connectivity index (χ2n) is 4.98. The molecule has 0 spiro atoms. The van der Waals surface area contributed by atoms with Gasteiger partial charge < -0.3 is 5.32 Å². The lowest BCUT2D eigenvalue weighted by molar-refractivity contribution is 0.884. The molecule has 0 radical (unpaired) electrons. The topological polar surface area (TPSA) is 29.9 Å². The van der Waals surface area contributed by atoms with Crippen molar-refractivity contribution in [2.75, 3.05) is 5.32 Å². The van der Waals surface area contributed by atoms with Crippen molar-refractivity contribution < 1.29 is 0 Å². The Hall–Kier alpha value is -2.55. The van der Waals surface area contributed by atoms with Gasteiger partial charge in [-0.25, -0.2) is 4.68 Å². The van der Waals surface area contributed by atoms with E-state index in [1.165, 1.54) is 11.1 Å². The minimum atomic E-state index is 0.846. The Balaban J connectivity index is 1.84. The lowest BCUT2D eigenvalue weighted by Crippen LogP contribution is -1.97. The van der Waals surface area contributed by atoms with Crippen LogP contribution in [-0.2, 0) is 0 Å². The van der Waals surface area contributed by atoms with Crippen molar-refractivity contribution in [2.24, 2.45) is 0 Å². The first-order chi connectivity index (χ1) is 9.70. The molecule has 100 valence electrons. The van der Waals surface area contributed by atoms with Crippen molar-refractivity contribution in [3.8, 4) is 5.69 Å². The molecule has 3 heteroatoms. The SMILES string of the molecule is Cc1cc(C)cc(Nc2ccn(-c3ccccc3)n2)c1. The Labute approximate surface area is 118 Å². The van der Waals surface area contributed by atoms with Crippen molar-refractivity contribution in [1.29, 1.82) is 0 Å². The third kappa shape index (κ3) is 2.72. The van der Waals surface area contributed by atoms with Crippen molar-refractivity contribution in [1.82, 2.24) is 9.78 Å². The molecule has 0 amide bonds. The van der Waals surface area contributed by atoms with E-state index in [0.29, 0.717) is 0 Å². The Bertz CT molecular complexity index is 694. The molecule has 0 bridgehead atoms. The van der Waals surface area contributed by atoms with Crippen LogP contribution in [0.15, 0.2) is 60.8 Å². The molecule has 0 aliphatic heterocycles. The van der Waals surface area contributed by atoms with E-state index in [0.717, 1.165) is 17.2 Å². The Morgan fingerprint density at radius 2 is 1.60 bits per heavy atom. The predicted molar refractivity (Wildman–Crippen MR) is 82.8 cm³/mol. The molecule has 0 saturated heterocycles. The summed E-state index contributed by atoms with van der Waals surface area (Å²) in [5.41, 5.74) is 4.62. The van der Waals surface area contributed by atoms with Gasteiger partial charge in [0.2, 0.25) is 0 Å². The van der Waals surface area contributed by atoms with E-state index in [9.17, 15) is 0 Å². The fraction of sp³-hybridized carbons (Fsp3) is 0.118. The number of para-hydroxylation sites is 1. The van der Waals surface area contributed by atoms with Gasteiger partial charge in [-0.05, 0) is 49.2 Å². The Morgan fingerprint density at radius 1 is 0.900 bits per heavy atom. The largest absolute Gasteiger partial charge is 0.339 e. The molecule has 0 unspecified atom stereocenters. The van der Waals surface area contributed by atoms with Gasteiger partial charge >= 0.3 is 0 Å². The summed E-state index contributed by atoms with van der Waals surface area (Å²) in [6.45, 7) is 4.20. The second kappa shape index (κ2) is 5.21. The average molecular weight is 263 g/mol. The number of hydrogen-bond donors (Lipinski definition) is 1. The van der Waals surface area contributed by atoms with Gasteiger partial charge in [-0.3, -0.25) is 0 Å². The van der Waals surface area contributed by atoms with E-state index in [1.807, 2.05) is 47.3 Å². The quantitative estimate of drug-likeness (QED) is 0.766.